The highest BCUT2D eigenvalue weighted by Gasteiger charge is 2.49. The number of amides is 1. The molecule has 1 amide bonds. The van der Waals surface area contributed by atoms with Crippen LogP contribution in [-0.2, 0) is 0 Å². The van der Waals surface area contributed by atoms with Crippen molar-refractivity contribution in [2.75, 3.05) is 32.5 Å². The molecule has 11 heteroatoms. The molecule has 0 spiro atoms. The molecule has 2 atom stereocenters. The van der Waals surface area contributed by atoms with Crippen LogP contribution in [0, 0.1) is 0 Å². The van der Waals surface area contributed by atoms with Crippen LogP contribution in [0.4, 0.5) is 14.6 Å². The number of anilines is 1. The molecule has 5 heterocycles. The lowest BCUT2D eigenvalue weighted by Gasteiger charge is -2.36. The number of aromatic nitrogens is 5. The zero-order valence-electron chi connectivity index (χ0n) is 19.5. The van der Waals surface area contributed by atoms with Gasteiger partial charge in [-0.05, 0) is 38.6 Å². The summed E-state index contributed by atoms with van der Waals surface area (Å²) in [5.41, 5.74) is 2.88. The smallest absolute Gasteiger partial charge is 0.267 e. The highest BCUT2D eigenvalue weighted by Crippen LogP contribution is 2.38. The average molecular weight is 481 g/mol. The summed E-state index contributed by atoms with van der Waals surface area (Å²) in [5, 5.41) is 10.8. The first-order valence-corrected chi connectivity index (χ1v) is 11.8. The molecule has 1 unspecified atom stereocenters. The Hall–Kier alpha value is -3.60. The predicted molar refractivity (Wildman–Crippen MR) is 128 cm³/mol. The number of likely N-dealkylation sites (tertiary alicyclic amines) is 1. The molecule has 9 nitrogen and oxygen atoms in total. The first kappa shape index (κ1) is 21.9. The fourth-order valence-electron chi connectivity index (χ4n) is 5.06. The number of hydrogen-bond acceptors (Lipinski definition) is 6. The number of alkyl halides is 2. The van der Waals surface area contributed by atoms with E-state index in [0.29, 0.717) is 23.2 Å². The first-order chi connectivity index (χ1) is 16.9. The maximum Gasteiger partial charge on any atom is 0.267 e. The summed E-state index contributed by atoms with van der Waals surface area (Å²) in [4.78, 5) is 24.6. The van der Waals surface area contributed by atoms with Crippen LogP contribution < -0.4 is 10.6 Å². The summed E-state index contributed by atoms with van der Waals surface area (Å²) in [6.07, 6.45) is 6.30. The highest BCUT2D eigenvalue weighted by molar-refractivity contribution is 6.01. The third-order valence-corrected chi connectivity index (χ3v) is 7.18. The standard InChI is InChI=1S/C24H26F2N8O/c1-27-20-10-18(17-13-33(14-6-9-32(2)12-14)21-15(17)4-3-8-28-21)30-22-16(11-29-34(20)22)23(35)31-19-5-7-24(19,25)26/h3-4,8,10-11,13-14,19,27H,5-7,9,12H2,1-2H3,(H,31,35)/t14-,19?/m0/s1. The first-order valence-electron chi connectivity index (χ1n) is 11.8. The van der Waals surface area contributed by atoms with Crippen molar-refractivity contribution < 1.29 is 13.6 Å². The van der Waals surface area contributed by atoms with Crippen molar-refractivity contribution in [2.24, 2.45) is 0 Å². The highest BCUT2D eigenvalue weighted by atomic mass is 19.3. The van der Waals surface area contributed by atoms with Crippen molar-refractivity contribution in [3.05, 3.63) is 42.4 Å². The molecule has 2 N–H and O–H groups in total. The molecule has 1 aliphatic heterocycles. The van der Waals surface area contributed by atoms with E-state index in [1.165, 1.54) is 10.7 Å². The number of fused-ring (bicyclic) bond motifs is 2. The quantitative estimate of drug-likeness (QED) is 0.456. The van der Waals surface area contributed by atoms with Gasteiger partial charge in [0.15, 0.2) is 5.65 Å². The number of carbonyl (C=O) groups excluding carboxylic acids is 1. The third-order valence-electron chi connectivity index (χ3n) is 7.18. The van der Waals surface area contributed by atoms with Crippen molar-refractivity contribution in [2.45, 2.75) is 37.3 Å². The maximum atomic E-state index is 13.8. The van der Waals surface area contributed by atoms with Crippen molar-refractivity contribution in [1.82, 2.24) is 34.4 Å². The summed E-state index contributed by atoms with van der Waals surface area (Å²) < 4.78 is 31.2. The molecule has 4 aromatic heterocycles. The zero-order chi connectivity index (χ0) is 24.3. The van der Waals surface area contributed by atoms with Crippen molar-refractivity contribution in [1.29, 1.82) is 0 Å². The summed E-state index contributed by atoms with van der Waals surface area (Å²) in [7, 11) is 3.87. The molecule has 0 bridgehead atoms. The number of carbonyl (C=O) groups is 1. The molecule has 1 saturated carbocycles. The number of pyridine rings is 1. The van der Waals surface area contributed by atoms with Crippen LogP contribution in [0.3, 0.4) is 0 Å². The van der Waals surface area contributed by atoms with Crippen LogP contribution >= 0.6 is 0 Å². The molecular formula is C24H26F2N8O. The Morgan fingerprint density at radius 3 is 2.80 bits per heavy atom. The van der Waals surface area contributed by atoms with Gasteiger partial charge in [0.2, 0.25) is 0 Å². The minimum absolute atomic E-state index is 0.158. The van der Waals surface area contributed by atoms with Gasteiger partial charge in [-0.3, -0.25) is 4.79 Å². The normalized spacial score (nSPS) is 21.9. The largest absolute Gasteiger partial charge is 0.373 e. The Balaban J connectivity index is 1.45. The SMILES string of the molecule is CNc1cc(-c2cn([C@H]3CCN(C)C3)c3ncccc23)nc2c(C(=O)NC3CCC3(F)F)cnn12. The zero-order valence-corrected chi connectivity index (χ0v) is 19.5. The molecular weight excluding hydrogens is 454 g/mol. The molecule has 35 heavy (non-hydrogen) atoms. The average Bonchev–Trinajstić information content (AvgIpc) is 3.57. The minimum Gasteiger partial charge on any atom is -0.373 e. The van der Waals surface area contributed by atoms with E-state index in [-0.39, 0.29) is 18.4 Å². The Bertz CT molecular complexity index is 1440. The van der Waals surface area contributed by atoms with E-state index in [1.807, 2.05) is 18.2 Å². The molecule has 0 radical (unpaired) electrons. The van der Waals surface area contributed by atoms with Crippen LogP contribution in [0.2, 0.25) is 0 Å². The van der Waals surface area contributed by atoms with Gasteiger partial charge in [-0.1, -0.05) is 0 Å². The van der Waals surface area contributed by atoms with Gasteiger partial charge < -0.3 is 20.1 Å². The second-order valence-electron chi connectivity index (χ2n) is 9.43. The van der Waals surface area contributed by atoms with Crippen LogP contribution in [-0.4, -0.2) is 74.1 Å². The molecule has 0 aromatic carbocycles. The molecule has 1 aliphatic carbocycles. The lowest BCUT2D eigenvalue weighted by molar-refractivity contribution is -0.102. The van der Waals surface area contributed by atoms with Crippen molar-refractivity contribution in [3.8, 4) is 11.3 Å². The van der Waals surface area contributed by atoms with Gasteiger partial charge in [0, 0.05) is 55.5 Å². The van der Waals surface area contributed by atoms with Crippen molar-refractivity contribution in [3.63, 3.8) is 0 Å². The van der Waals surface area contributed by atoms with Crippen LogP contribution in [0.15, 0.2) is 36.8 Å². The van der Waals surface area contributed by atoms with Gasteiger partial charge in [-0.15, -0.1) is 0 Å². The van der Waals surface area contributed by atoms with E-state index in [0.717, 1.165) is 36.1 Å². The molecule has 6 rings (SSSR count). The number of halogens is 2. The summed E-state index contributed by atoms with van der Waals surface area (Å²) in [5.74, 6) is -2.85. The van der Waals surface area contributed by atoms with Crippen LogP contribution in [0.1, 0.15) is 35.7 Å². The van der Waals surface area contributed by atoms with Gasteiger partial charge in [-0.25, -0.2) is 18.7 Å². The van der Waals surface area contributed by atoms with E-state index in [1.54, 1.807) is 13.2 Å². The molecule has 2 fully saturated rings. The number of hydrogen-bond donors (Lipinski definition) is 2. The van der Waals surface area contributed by atoms with Crippen molar-refractivity contribution >= 4 is 28.4 Å². The Labute approximate surface area is 200 Å². The maximum absolute atomic E-state index is 13.8. The van der Waals surface area contributed by atoms with E-state index in [9.17, 15) is 13.6 Å². The Morgan fingerprint density at radius 1 is 1.26 bits per heavy atom. The molecule has 182 valence electrons. The Morgan fingerprint density at radius 2 is 2.11 bits per heavy atom. The van der Waals surface area contributed by atoms with E-state index < -0.39 is 17.9 Å². The Kier molecular flexibility index (Phi) is 4.99. The van der Waals surface area contributed by atoms with Crippen LogP contribution in [0.25, 0.3) is 27.9 Å². The third kappa shape index (κ3) is 3.53. The second kappa shape index (κ2) is 7.98. The van der Waals surface area contributed by atoms with E-state index >= 15 is 0 Å². The second-order valence-corrected chi connectivity index (χ2v) is 9.43. The monoisotopic (exact) mass is 480 g/mol. The molecule has 1 saturated heterocycles. The topological polar surface area (TPSA) is 92.4 Å². The molecule has 2 aliphatic rings. The predicted octanol–water partition coefficient (Wildman–Crippen LogP) is 3.19. The number of nitrogens with one attached hydrogen (secondary N) is 2. The lowest BCUT2D eigenvalue weighted by atomic mass is 9.88. The number of rotatable bonds is 5. The van der Waals surface area contributed by atoms with Gasteiger partial charge in [0.1, 0.15) is 17.0 Å². The van der Waals surface area contributed by atoms with E-state index in [2.05, 4.69) is 43.4 Å². The number of nitrogens with zero attached hydrogens (tertiary/aromatic N) is 6. The van der Waals surface area contributed by atoms with Gasteiger partial charge >= 0.3 is 0 Å². The van der Waals surface area contributed by atoms with Gasteiger partial charge in [-0.2, -0.15) is 9.61 Å². The van der Waals surface area contributed by atoms with Gasteiger partial charge in [0.25, 0.3) is 11.8 Å². The fraction of sp³-hybridized carbons (Fsp3) is 0.417. The summed E-state index contributed by atoms with van der Waals surface area (Å²) in [6.45, 7) is 1.96. The summed E-state index contributed by atoms with van der Waals surface area (Å²) >= 11 is 0. The van der Waals surface area contributed by atoms with E-state index in [4.69, 9.17) is 4.98 Å². The van der Waals surface area contributed by atoms with Gasteiger partial charge in [0.05, 0.1) is 17.9 Å². The number of likely N-dealkylation sites (N-methyl/N-ethyl adjacent to an activating group) is 1. The minimum atomic E-state index is -2.88. The molecule has 4 aromatic rings. The summed E-state index contributed by atoms with van der Waals surface area (Å²) in [6, 6.07) is 4.92. The fourth-order valence-corrected chi connectivity index (χ4v) is 5.06. The van der Waals surface area contributed by atoms with Crippen LogP contribution in [0.5, 0.6) is 0 Å². The lowest BCUT2D eigenvalue weighted by Crippen LogP contribution is -2.55.